The Balaban J connectivity index is 1.75. The Labute approximate surface area is 193 Å². The summed E-state index contributed by atoms with van der Waals surface area (Å²) in [7, 11) is -1.49. The number of hydrogen-bond donors (Lipinski definition) is 1. The van der Waals surface area contributed by atoms with Crippen LogP contribution < -0.4 is 10.2 Å². The highest BCUT2D eigenvalue weighted by atomic mass is 32.2. The maximum atomic E-state index is 13.2. The zero-order valence-corrected chi connectivity index (χ0v) is 20.0. The van der Waals surface area contributed by atoms with Crippen LogP contribution in [0.2, 0.25) is 0 Å². The monoisotopic (exact) mass is 455 g/mol. The lowest BCUT2D eigenvalue weighted by molar-refractivity contribution is 0.0948. The highest BCUT2D eigenvalue weighted by Gasteiger charge is 2.30. The maximum Gasteiger partial charge on any atom is 0.259 e. The van der Waals surface area contributed by atoms with Gasteiger partial charge < -0.3 is 15.1 Å². The van der Waals surface area contributed by atoms with Gasteiger partial charge in [0.1, 0.15) is 0 Å². The molecule has 172 valence electrons. The van der Waals surface area contributed by atoms with E-state index < -0.39 is 10.8 Å². The van der Waals surface area contributed by atoms with Crippen molar-refractivity contribution in [2.24, 2.45) is 0 Å². The van der Waals surface area contributed by atoms with Crippen LogP contribution >= 0.6 is 0 Å². The number of amides is 2. The number of fused-ring (bicyclic) bond motifs is 2. The molecule has 0 saturated heterocycles. The standard InChI is InChI=1S/C25H33N3O3S/c1-4-15-27(16-5-2)17-9-14-26-24(29)19-12-13-23-21(18-19)28(6-3)25(30)20-10-7-8-11-22(20)32(23)31/h7-8,10-13,18H,4-6,9,14-17H2,1-3H3,(H,26,29)/t32-/m1/s1. The lowest BCUT2D eigenvalue weighted by Crippen LogP contribution is -2.32. The van der Waals surface area contributed by atoms with Gasteiger partial charge in [0.25, 0.3) is 11.8 Å². The van der Waals surface area contributed by atoms with Crippen molar-refractivity contribution in [1.82, 2.24) is 10.2 Å². The Hall–Kier alpha value is -2.51. The van der Waals surface area contributed by atoms with Crippen molar-refractivity contribution >= 4 is 28.3 Å². The number of nitrogens with zero attached hydrogens (tertiary/aromatic N) is 2. The Kier molecular flexibility index (Phi) is 8.59. The van der Waals surface area contributed by atoms with Gasteiger partial charge >= 0.3 is 0 Å². The Morgan fingerprint density at radius 3 is 2.41 bits per heavy atom. The fourth-order valence-electron chi connectivity index (χ4n) is 4.09. The summed E-state index contributed by atoms with van der Waals surface area (Å²) >= 11 is 0. The Morgan fingerprint density at radius 1 is 1.00 bits per heavy atom. The van der Waals surface area contributed by atoms with Crippen LogP contribution in [0, 0.1) is 0 Å². The van der Waals surface area contributed by atoms with Crippen molar-refractivity contribution in [2.75, 3.05) is 37.6 Å². The third kappa shape index (κ3) is 5.27. The molecule has 32 heavy (non-hydrogen) atoms. The van der Waals surface area contributed by atoms with Crippen LogP contribution in [0.25, 0.3) is 0 Å². The number of hydrogen-bond acceptors (Lipinski definition) is 4. The van der Waals surface area contributed by atoms with Gasteiger partial charge in [0.15, 0.2) is 0 Å². The van der Waals surface area contributed by atoms with Gasteiger partial charge in [0.05, 0.1) is 31.8 Å². The van der Waals surface area contributed by atoms with E-state index in [-0.39, 0.29) is 11.8 Å². The van der Waals surface area contributed by atoms with Crippen molar-refractivity contribution in [3.8, 4) is 0 Å². The third-order valence-corrected chi connectivity index (χ3v) is 7.11. The SMILES string of the molecule is CCCN(CCC)CCCNC(=O)c1ccc2c(c1)N(CC)C(=O)c1ccccc1[S@]2=O. The van der Waals surface area contributed by atoms with Gasteiger partial charge in [-0.3, -0.25) is 9.59 Å². The average Bonchev–Trinajstić information content (AvgIpc) is 2.89. The molecule has 1 atom stereocenters. The fourth-order valence-corrected chi connectivity index (χ4v) is 5.44. The van der Waals surface area contributed by atoms with Crippen LogP contribution in [-0.2, 0) is 10.8 Å². The third-order valence-electron chi connectivity index (χ3n) is 5.61. The van der Waals surface area contributed by atoms with Crippen LogP contribution in [0.4, 0.5) is 5.69 Å². The maximum absolute atomic E-state index is 13.2. The van der Waals surface area contributed by atoms with Gasteiger partial charge in [-0.05, 0) is 76.2 Å². The van der Waals surface area contributed by atoms with E-state index in [0.717, 1.165) is 38.9 Å². The molecule has 0 saturated carbocycles. The van der Waals surface area contributed by atoms with Crippen molar-refractivity contribution in [1.29, 1.82) is 0 Å². The molecule has 1 N–H and O–H groups in total. The lowest BCUT2D eigenvalue weighted by atomic mass is 10.1. The summed E-state index contributed by atoms with van der Waals surface area (Å²) in [5, 5.41) is 2.99. The average molecular weight is 456 g/mol. The summed E-state index contributed by atoms with van der Waals surface area (Å²) in [6, 6.07) is 12.1. The minimum atomic E-state index is -1.49. The second kappa shape index (κ2) is 11.4. The highest BCUT2D eigenvalue weighted by molar-refractivity contribution is 7.85. The molecule has 0 aliphatic carbocycles. The molecule has 0 radical (unpaired) electrons. The molecule has 1 aliphatic heterocycles. The molecular formula is C25H33N3O3S. The van der Waals surface area contributed by atoms with Crippen molar-refractivity contribution < 1.29 is 13.8 Å². The zero-order valence-electron chi connectivity index (χ0n) is 19.2. The van der Waals surface area contributed by atoms with Crippen LogP contribution in [0.5, 0.6) is 0 Å². The largest absolute Gasteiger partial charge is 0.352 e. The number of carbonyl (C=O) groups is 2. The first-order valence-corrected chi connectivity index (χ1v) is 12.6. The van der Waals surface area contributed by atoms with E-state index in [1.807, 2.05) is 6.92 Å². The number of benzene rings is 2. The van der Waals surface area contributed by atoms with Gasteiger partial charge in [0, 0.05) is 18.7 Å². The van der Waals surface area contributed by atoms with Crippen LogP contribution in [0.1, 0.15) is 60.7 Å². The summed E-state index contributed by atoms with van der Waals surface area (Å²) < 4.78 is 13.2. The Bertz CT molecular complexity index is 986. The number of nitrogens with one attached hydrogen (secondary N) is 1. The molecule has 2 amide bonds. The number of carbonyl (C=O) groups excluding carboxylic acids is 2. The molecule has 6 nitrogen and oxygen atoms in total. The molecule has 7 heteroatoms. The van der Waals surface area contributed by atoms with E-state index in [1.54, 1.807) is 47.4 Å². The first-order valence-electron chi connectivity index (χ1n) is 11.5. The van der Waals surface area contributed by atoms with Crippen LogP contribution in [0.15, 0.2) is 52.3 Å². The summed E-state index contributed by atoms with van der Waals surface area (Å²) in [4.78, 5) is 31.0. The van der Waals surface area contributed by atoms with Gasteiger partial charge in [-0.25, -0.2) is 4.21 Å². The predicted octanol–water partition coefficient (Wildman–Crippen LogP) is 4.08. The molecule has 0 bridgehead atoms. The van der Waals surface area contributed by atoms with Gasteiger partial charge in [0.2, 0.25) is 0 Å². The molecule has 0 aromatic heterocycles. The van der Waals surface area contributed by atoms with Gasteiger partial charge in [-0.15, -0.1) is 0 Å². The normalized spacial score (nSPS) is 15.3. The van der Waals surface area contributed by atoms with E-state index in [2.05, 4.69) is 24.1 Å². The summed E-state index contributed by atoms with van der Waals surface area (Å²) in [6.07, 6.45) is 3.13. The van der Waals surface area contributed by atoms with E-state index in [0.29, 0.717) is 39.7 Å². The number of anilines is 1. The number of rotatable bonds is 10. The highest BCUT2D eigenvalue weighted by Crippen LogP contribution is 2.35. The summed E-state index contributed by atoms with van der Waals surface area (Å²) in [5.41, 5.74) is 1.45. The topological polar surface area (TPSA) is 69.7 Å². The summed E-state index contributed by atoms with van der Waals surface area (Å²) in [6.45, 7) is 10.4. The lowest BCUT2D eigenvalue weighted by Gasteiger charge is -2.22. The molecule has 2 aromatic rings. The fraction of sp³-hybridized carbons (Fsp3) is 0.440. The Morgan fingerprint density at radius 2 is 1.72 bits per heavy atom. The minimum Gasteiger partial charge on any atom is -0.352 e. The van der Waals surface area contributed by atoms with E-state index >= 15 is 0 Å². The minimum absolute atomic E-state index is 0.179. The molecule has 2 aromatic carbocycles. The van der Waals surface area contributed by atoms with Crippen LogP contribution in [-0.4, -0.2) is 53.6 Å². The van der Waals surface area contributed by atoms with Crippen LogP contribution in [0.3, 0.4) is 0 Å². The molecule has 0 unspecified atom stereocenters. The van der Waals surface area contributed by atoms with E-state index in [4.69, 9.17) is 0 Å². The molecule has 1 heterocycles. The predicted molar refractivity (Wildman–Crippen MR) is 129 cm³/mol. The molecule has 3 rings (SSSR count). The smallest absolute Gasteiger partial charge is 0.259 e. The second-order valence-electron chi connectivity index (χ2n) is 7.95. The molecule has 0 spiro atoms. The van der Waals surface area contributed by atoms with E-state index in [9.17, 15) is 13.8 Å². The van der Waals surface area contributed by atoms with Gasteiger partial charge in [-0.2, -0.15) is 0 Å². The molecular weight excluding hydrogens is 422 g/mol. The zero-order chi connectivity index (χ0) is 23.1. The van der Waals surface area contributed by atoms with Crippen molar-refractivity contribution in [3.63, 3.8) is 0 Å². The first-order chi connectivity index (χ1) is 15.5. The van der Waals surface area contributed by atoms with E-state index in [1.165, 1.54) is 0 Å². The van der Waals surface area contributed by atoms with Crippen molar-refractivity contribution in [2.45, 2.75) is 49.8 Å². The first kappa shape index (κ1) is 24.1. The summed E-state index contributed by atoms with van der Waals surface area (Å²) in [5.74, 6) is -0.374. The molecule has 1 aliphatic rings. The van der Waals surface area contributed by atoms with Gasteiger partial charge in [-0.1, -0.05) is 26.0 Å². The molecule has 0 fully saturated rings. The quantitative estimate of drug-likeness (QED) is 0.548. The second-order valence-corrected chi connectivity index (χ2v) is 9.37. The van der Waals surface area contributed by atoms with Crippen molar-refractivity contribution in [3.05, 3.63) is 53.6 Å².